The van der Waals surface area contributed by atoms with Crippen molar-refractivity contribution in [1.82, 2.24) is 9.97 Å². The average molecular weight is 204 g/mol. The number of halogens is 1. The zero-order chi connectivity index (χ0) is 9.84. The van der Waals surface area contributed by atoms with Crippen LogP contribution in [0.15, 0.2) is 6.20 Å². The summed E-state index contributed by atoms with van der Waals surface area (Å²) in [5.74, 6) is 0.986. The second-order valence-electron chi connectivity index (χ2n) is 2.67. The van der Waals surface area contributed by atoms with E-state index in [-0.39, 0.29) is 11.7 Å². The highest BCUT2D eigenvalue weighted by Gasteiger charge is 2.17. The van der Waals surface area contributed by atoms with Crippen molar-refractivity contribution >= 4 is 17.4 Å². The minimum atomic E-state index is -0.503. The number of nitro groups is 1. The molecule has 0 saturated heterocycles. The quantitative estimate of drug-likeness (QED) is 0.463. The minimum absolute atomic E-state index is 0.0652. The topological polar surface area (TPSA) is 71.8 Å². The largest absolute Gasteiger partial charge is 0.358 e. The molecule has 72 valence electrons. The molecule has 1 aromatic rings. The molecule has 1 rings (SSSR count). The monoisotopic (exact) mass is 203 g/mol. The number of alkyl halides is 1. The van der Waals surface area contributed by atoms with Crippen molar-refractivity contribution < 1.29 is 4.92 Å². The van der Waals surface area contributed by atoms with E-state index in [4.69, 9.17) is 11.6 Å². The summed E-state index contributed by atoms with van der Waals surface area (Å²) in [6.07, 6.45) is 2.03. The molecule has 0 fully saturated rings. The molecule has 1 aromatic heterocycles. The molecule has 0 aliphatic carbocycles. The lowest BCUT2D eigenvalue weighted by molar-refractivity contribution is -0.389. The van der Waals surface area contributed by atoms with Crippen molar-refractivity contribution in [2.24, 2.45) is 0 Å². The molecule has 0 radical (unpaired) electrons. The van der Waals surface area contributed by atoms with Crippen molar-refractivity contribution in [1.29, 1.82) is 0 Å². The number of aromatic amines is 1. The zero-order valence-corrected chi connectivity index (χ0v) is 7.91. The van der Waals surface area contributed by atoms with Crippen LogP contribution in [0, 0.1) is 10.1 Å². The third kappa shape index (κ3) is 2.18. The summed E-state index contributed by atoms with van der Waals surface area (Å²) in [5.41, 5.74) is 0. The van der Waals surface area contributed by atoms with Gasteiger partial charge in [0.25, 0.3) is 0 Å². The first-order chi connectivity index (χ1) is 6.19. The van der Waals surface area contributed by atoms with Crippen molar-refractivity contribution in [3.63, 3.8) is 0 Å². The number of hydrogen-bond acceptors (Lipinski definition) is 3. The maximum atomic E-state index is 10.3. The Morgan fingerprint density at radius 3 is 2.92 bits per heavy atom. The van der Waals surface area contributed by atoms with Crippen LogP contribution >= 0.6 is 11.6 Å². The Hall–Kier alpha value is -1.10. The van der Waals surface area contributed by atoms with Crippen molar-refractivity contribution in [2.75, 3.05) is 5.88 Å². The minimum Gasteiger partial charge on any atom is -0.358 e. The number of rotatable bonds is 4. The fourth-order valence-electron chi connectivity index (χ4n) is 1.00. The molecule has 0 spiro atoms. The van der Waals surface area contributed by atoms with E-state index in [0.29, 0.717) is 11.7 Å². The van der Waals surface area contributed by atoms with Gasteiger partial charge in [-0.1, -0.05) is 6.92 Å². The Morgan fingerprint density at radius 1 is 1.85 bits per heavy atom. The maximum absolute atomic E-state index is 10.3. The van der Waals surface area contributed by atoms with Crippen molar-refractivity contribution in [3.8, 4) is 0 Å². The zero-order valence-electron chi connectivity index (χ0n) is 7.16. The van der Waals surface area contributed by atoms with Gasteiger partial charge in [0, 0.05) is 5.88 Å². The van der Waals surface area contributed by atoms with E-state index in [1.807, 2.05) is 6.92 Å². The van der Waals surface area contributed by atoms with Crippen molar-refractivity contribution in [2.45, 2.75) is 19.3 Å². The van der Waals surface area contributed by atoms with Crippen LogP contribution in [0.5, 0.6) is 0 Å². The van der Waals surface area contributed by atoms with Gasteiger partial charge in [0.1, 0.15) is 6.20 Å². The lowest BCUT2D eigenvalue weighted by Gasteiger charge is -2.02. The van der Waals surface area contributed by atoms with Crippen LogP contribution in [0.25, 0.3) is 0 Å². The standard InChI is InChI=1S/C7H10ClN3O2/c1-2-5(3-8)7-9-4-6(10-7)11(12)13/h4-5H,2-3H2,1H3,(H,9,10). The fourth-order valence-corrected chi connectivity index (χ4v) is 1.37. The first-order valence-corrected chi connectivity index (χ1v) is 4.47. The summed E-state index contributed by atoms with van der Waals surface area (Å²) in [6.45, 7) is 1.96. The highest BCUT2D eigenvalue weighted by Crippen LogP contribution is 2.19. The molecule has 0 aliphatic rings. The van der Waals surface area contributed by atoms with E-state index in [1.54, 1.807) is 0 Å². The number of imidazole rings is 1. The van der Waals surface area contributed by atoms with E-state index >= 15 is 0 Å². The third-order valence-corrected chi connectivity index (χ3v) is 2.22. The van der Waals surface area contributed by atoms with Gasteiger partial charge in [-0.25, -0.2) is 9.97 Å². The van der Waals surface area contributed by atoms with E-state index < -0.39 is 4.92 Å². The first-order valence-electron chi connectivity index (χ1n) is 3.94. The van der Waals surface area contributed by atoms with Gasteiger partial charge in [0.2, 0.25) is 0 Å². The van der Waals surface area contributed by atoms with Gasteiger partial charge in [-0.15, -0.1) is 11.6 Å². The first kappa shape index (κ1) is 9.98. The molecule has 1 atom stereocenters. The van der Waals surface area contributed by atoms with Gasteiger partial charge in [-0.3, -0.25) is 0 Å². The Bertz CT molecular complexity index is 296. The molecule has 1 unspecified atom stereocenters. The molecule has 13 heavy (non-hydrogen) atoms. The van der Waals surface area contributed by atoms with Crippen LogP contribution in [0.3, 0.4) is 0 Å². The molecular weight excluding hydrogens is 194 g/mol. The van der Waals surface area contributed by atoms with Crippen LogP contribution in [0.2, 0.25) is 0 Å². The summed E-state index contributed by atoms with van der Waals surface area (Å²) >= 11 is 5.66. The molecule has 5 nitrogen and oxygen atoms in total. The van der Waals surface area contributed by atoms with Gasteiger partial charge in [0.15, 0.2) is 5.82 Å². The molecule has 0 aliphatic heterocycles. The van der Waals surface area contributed by atoms with Gasteiger partial charge < -0.3 is 10.1 Å². The third-order valence-electron chi connectivity index (χ3n) is 1.84. The molecule has 6 heteroatoms. The summed E-state index contributed by atoms with van der Waals surface area (Å²) in [5, 5.41) is 10.3. The molecule has 1 N–H and O–H groups in total. The van der Waals surface area contributed by atoms with Crippen molar-refractivity contribution in [3.05, 3.63) is 22.1 Å². The van der Waals surface area contributed by atoms with Gasteiger partial charge in [-0.2, -0.15) is 0 Å². The van der Waals surface area contributed by atoms with Gasteiger partial charge in [-0.05, 0) is 11.3 Å². The number of H-pyrrole nitrogens is 1. The smallest absolute Gasteiger partial charge is 0.340 e. The number of nitrogens with zero attached hydrogens (tertiary/aromatic N) is 2. The summed E-state index contributed by atoms with van der Waals surface area (Å²) in [7, 11) is 0. The second-order valence-corrected chi connectivity index (χ2v) is 2.98. The summed E-state index contributed by atoms with van der Waals surface area (Å²) < 4.78 is 0. The number of nitrogens with one attached hydrogen (secondary N) is 1. The predicted octanol–water partition coefficient (Wildman–Crippen LogP) is 2.05. The van der Waals surface area contributed by atoms with Crippen LogP contribution in [0.1, 0.15) is 25.1 Å². The highest BCUT2D eigenvalue weighted by molar-refractivity contribution is 6.18. The Balaban J connectivity index is 2.84. The van der Waals surface area contributed by atoms with Crippen LogP contribution in [0.4, 0.5) is 5.82 Å². The average Bonchev–Trinajstić information content (AvgIpc) is 2.56. The lowest BCUT2D eigenvalue weighted by Crippen LogP contribution is -2.01. The predicted molar refractivity (Wildman–Crippen MR) is 49.0 cm³/mol. The normalized spacial score (nSPS) is 12.8. The molecule has 0 amide bonds. The van der Waals surface area contributed by atoms with Crippen LogP contribution in [-0.2, 0) is 0 Å². The lowest BCUT2D eigenvalue weighted by atomic mass is 10.1. The highest BCUT2D eigenvalue weighted by atomic mass is 35.5. The molecule has 0 aromatic carbocycles. The molecular formula is C7H10ClN3O2. The summed E-state index contributed by atoms with van der Waals surface area (Å²) in [6, 6.07) is 0. The molecule has 0 bridgehead atoms. The maximum Gasteiger partial charge on any atom is 0.340 e. The van der Waals surface area contributed by atoms with Gasteiger partial charge in [0.05, 0.1) is 5.92 Å². The number of hydrogen-bond donors (Lipinski definition) is 1. The Morgan fingerprint density at radius 2 is 2.54 bits per heavy atom. The number of aromatic nitrogens is 2. The summed E-state index contributed by atoms with van der Waals surface area (Å²) in [4.78, 5) is 16.3. The Kier molecular flexibility index (Phi) is 3.25. The van der Waals surface area contributed by atoms with Crippen LogP contribution in [-0.4, -0.2) is 20.8 Å². The van der Waals surface area contributed by atoms with E-state index in [0.717, 1.165) is 6.42 Å². The fraction of sp³-hybridized carbons (Fsp3) is 0.571. The SMILES string of the molecule is CCC(CCl)c1ncc([N+](=O)[O-])[nH]1. The molecule has 0 saturated carbocycles. The second kappa shape index (κ2) is 4.23. The van der Waals surface area contributed by atoms with Gasteiger partial charge >= 0.3 is 5.82 Å². The van der Waals surface area contributed by atoms with E-state index in [2.05, 4.69) is 9.97 Å². The van der Waals surface area contributed by atoms with Crippen LogP contribution < -0.4 is 0 Å². The Labute approximate surface area is 80.3 Å². The molecule has 1 heterocycles. The van der Waals surface area contributed by atoms with E-state index in [9.17, 15) is 10.1 Å². The van der Waals surface area contributed by atoms with E-state index in [1.165, 1.54) is 6.20 Å².